The maximum Gasteiger partial charge on any atom is 0.0434 e. The highest BCUT2D eigenvalue weighted by molar-refractivity contribution is 7.27. The molecule has 0 radical (unpaired) electrons. The van der Waals surface area contributed by atoms with Gasteiger partial charge in [-0.15, -0.1) is 11.3 Å². The molecule has 0 fully saturated rings. The van der Waals surface area contributed by atoms with Crippen LogP contribution in [0.2, 0.25) is 0 Å². The molecule has 1 heteroatoms. The van der Waals surface area contributed by atoms with E-state index in [2.05, 4.69) is 146 Å². The number of hydrogen-bond acceptors (Lipinski definition) is 1. The molecule has 1 aromatic heterocycles. The summed E-state index contributed by atoms with van der Waals surface area (Å²) >= 11 is 1.92. The zero-order chi connectivity index (χ0) is 26.9. The van der Waals surface area contributed by atoms with E-state index in [-0.39, 0.29) is 0 Å². The number of hydrogen-bond donors (Lipinski definition) is 0. The van der Waals surface area contributed by atoms with Gasteiger partial charge in [0.1, 0.15) is 0 Å². The molecule has 9 aromatic rings. The van der Waals surface area contributed by atoms with Crippen LogP contribution in [0.4, 0.5) is 0 Å². The van der Waals surface area contributed by atoms with Crippen molar-refractivity contribution in [1.82, 2.24) is 0 Å². The van der Waals surface area contributed by atoms with Crippen LogP contribution in [0.5, 0.6) is 0 Å². The van der Waals surface area contributed by atoms with E-state index >= 15 is 0 Å². The molecule has 0 saturated heterocycles. The second kappa shape index (κ2) is 8.76. The zero-order valence-electron chi connectivity index (χ0n) is 22.3. The third kappa shape index (κ3) is 3.53. The molecule has 0 spiro atoms. The normalized spacial score (nSPS) is 11.9. The Bertz CT molecular complexity index is 2480. The average molecular weight is 537 g/mol. The molecular formula is C40H24S. The Morgan fingerprint density at radius 2 is 0.805 bits per heavy atom. The first-order chi connectivity index (χ1) is 20.3. The summed E-state index contributed by atoms with van der Waals surface area (Å²) in [6, 6.07) is 53.7. The monoisotopic (exact) mass is 536 g/mol. The second-order valence-electron chi connectivity index (χ2n) is 10.9. The van der Waals surface area contributed by atoms with Crippen molar-refractivity contribution in [3.8, 4) is 22.3 Å². The van der Waals surface area contributed by atoms with Crippen molar-refractivity contribution < 1.29 is 0 Å². The van der Waals surface area contributed by atoms with Crippen LogP contribution in [-0.2, 0) is 0 Å². The molecule has 0 aliphatic carbocycles. The molecule has 0 amide bonds. The molecule has 0 atom stereocenters. The smallest absolute Gasteiger partial charge is 0.0434 e. The minimum Gasteiger partial charge on any atom is -0.134 e. The summed E-state index contributed by atoms with van der Waals surface area (Å²) in [5, 5.41) is 13.0. The van der Waals surface area contributed by atoms with E-state index in [0.717, 1.165) is 0 Å². The fraction of sp³-hybridized carbons (Fsp3) is 0. The highest BCUT2D eigenvalue weighted by atomic mass is 32.1. The lowest BCUT2D eigenvalue weighted by Crippen LogP contribution is -1.83. The van der Waals surface area contributed by atoms with E-state index in [1.54, 1.807) is 0 Å². The minimum atomic E-state index is 1.25. The quantitative estimate of drug-likeness (QED) is 0.193. The van der Waals surface area contributed by atoms with Crippen molar-refractivity contribution in [2.45, 2.75) is 0 Å². The fourth-order valence-electron chi connectivity index (χ4n) is 6.54. The Hall–Kier alpha value is -4.98. The van der Waals surface area contributed by atoms with Crippen LogP contribution < -0.4 is 0 Å². The van der Waals surface area contributed by atoms with Gasteiger partial charge in [0.25, 0.3) is 0 Å². The Morgan fingerprint density at radius 3 is 1.66 bits per heavy atom. The molecule has 0 bridgehead atoms. The number of rotatable bonds is 2. The molecular weight excluding hydrogens is 513 g/mol. The van der Waals surface area contributed by atoms with Crippen molar-refractivity contribution in [2.75, 3.05) is 0 Å². The van der Waals surface area contributed by atoms with E-state index in [9.17, 15) is 0 Å². The predicted octanol–water partition coefficient (Wildman–Crippen LogP) is 12.0. The lowest BCUT2D eigenvalue weighted by molar-refractivity contribution is 1.67. The molecule has 190 valence electrons. The van der Waals surface area contributed by atoms with E-state index in [0.29, 0.717) is 0 Å². The molecule has 8 aromatic carbocycles. The third-order valence-corrected chi connectivity index (χ3v) is 9.91. The van der Waals surface area contributed by atoms with Gasteiger partial charge in [-0.05, 0) is 83.5 Å². The van der Waals surface area contributed by atoms with Crippen LogP contribution >= 0.6 is 11.3 Å². The Morgan fingerprint density at radius 1 is 0.293 bits per heavy atom. The van der Waals surface area contributed by atoms with Gasteiger partial charge >= 0.3 is 0 Å². The van der Waals surface area contributed by atoms with Gasteiger partial charge in [-0.2, -0.15) is 0 Å². The highest BCUT2D eigenvalue weighted by Gasteiger charge is 2.13. The standard InChI is InChI=1S/C40H24S/c1-3-8-33-25(6-1)12-16-31-23-30(19-20-34(31)33)27-13-14-29-24-32(17-15-28(29)22-27)36-10-5-11-37-38-21-18-26-7-2-4-9-35(26)39(38)41-40(36)37/h1-24H. The maximum absolute atomic E-state index is 2.35. The van der Waals surface area contributed by atoms with Gasteiger partial charge in [-0.3, -0.25) is 0 Å². The first kappa shape index (κ1) is 22.8. The molecule has 9 rings (SSSR count). The van der Waals surface area contributed by atoms with E-state index in [1.165, 1.54) is 85.5 Å². The summed E-state index contributed by atoms with van der Waals surface area (Å²) in [6.45, 7) is 0. The summed E-state index contributed by atoms with van der Waals surface area (Å²) in [7, 11) is 0. The van der Waals surface area contributed by atoms with E-state index < -0.39 is 0 Å². The third-order valence-electron chi connectivity index (χ3n) is 8.62. The van der Waals surface area contributed by atoms with E-state index in [4.69, 9.17) is 0 Å². The molecule has 0 aliphatic rings. The van der Waals surface area contributed by atoms with Crippen LogP contribution in [0, 0.1) is 0 Å². The van der Waals surface area contributed by atoms with Crippen LogP contribution in [-0.4, -0.2) is 0 Å². The van der Waals surface area contributed by atoms with Gasteiger partial charge in [0.2, 0.25) is 0 Å². The molecule has 0 aliphatic heterocycles. The number of thiophene rings is 1. The van der Waals surface area contributed by atoms with Crippen molar-refractivity contribution in [1.29, 1.82) is 0 Å². The summed E-state index contributed by atoms with van der Waals surface area (Å²) in [6.07, 6.45) is 0. The van der Waals surface area contributed by atoms with Crippen molar-refractivity contribution >= 4 is 74.6 Å². The summed E-state index contributed by atoms with van der Waals surface area (Å²) in [5.74, 6) is 0. The molecule has 1 heterocycles. The predicted molar refractivity (Wildman–Crippen MR) is 180 cm³/mol. The van der Waals surface area contributed by atoms with Gasteiger partial charge in [-0.1, -0.05) is 127 Å². The van der Waals surface area contributed by atoms with Crippen molar-refractivity contribution in [2.24, 2.45) is 0 Å². The van der Waals surface area contributed by atoms with Crippen LogP contribution in [0.15, 0.2) is 146 Å². The van der Waals surface area contributed by atoms with E-state index in [1.807, 2.05) is 11.3 Å². The minimum absolute atomic E-state index is 1.25. The average Bonchev–Trinajstić information content (AvgIpc) is 3.43. The van der Waals surface area contributed by atoms with Gasteiger partial charge in [-0.25, -0.2) is 0 Å². The zero-order valence-corrected chi connectivity index (χ0v) is 23.1. The Balaban J connectivity index is 1.15. The second-order valence-corrected chi connectivity index (χ2v) is 12.0. The largest absolute Gasteiger partial charge is 0.134 e. The Labute approximate surface area is 241 Å². The van der Waals surface area contributed by atoms with Gasteiger partial charge in [0, 0.05) is 20.2 Å². The molecule has 0 nitrogen and oxygen atoms in total. The summed E-state index contributed by atoms with van der Waals surface area (Å²) in [4.78, 5) is 0. The van der Waals surface area contributed by atoms with Gasteiger partial charge in [0.05, 0.1) is 0 Å². The van der Waals surface area contributed by atoms with Crippen molar-refractivity contribution in [3.63, 3.8) is 0 Å². The molecule has 0 saturated carbocycles. The molecule has 0 unspecified atom stereocenters. The van der Waals surface area contributed by atoms with Gasteiger partial charge < -0.3 is 0 Å². The molecule has 41 heavy (non-hydrogen) atoms. The van der Waals surface area contributed by atoms with Gasteiger partial charge in [0.15, 0.2) is 0 Å². The van der Waals surface area contributed by atoms with Crippen LogP contribution in [0.25, 0.3) is 85.5 Å². The highest BCUT2D eigenvalue weighted by Crippen LogP contribution is 2.43. The van der Waals surface area contributed by atoms with Crippen molar-refractivity contribution in [3.05, 3.63) is 146 Å². The topological polar surface area (TPSA) is 0 Å². The first-order valence-electron chi connectivity index (χ1n) is 14.1. The molecule has 0 N–H and O–H groups in total. The maximum atomic E-state index is 2.35. The Kier molecular flexibility index (Phi) is 4.87. The number of benzene rings is 8. The van der Waals surface area contributed by atoms with Crippen LogP contribution in [0.3, 0.4) is 0 Å². The summed E-state index contributed by atoms with van der Waals surface area (Å²) in [5.41, 5.74) is 5.07. The lowest BCUT2D eigenvalue weighted by Gasteiger charge is -2.10. The summed E-state index contributed by atoms with van der Waals surface area (Å²) < 4.78 is 2.73. The fourth-order valence-corrected chi connectivity index (χ4v) is 7.91. The van der Waals surface area contributed by atoms with Crippen LogP contribution in [0.1, 0.15) is 0 Å². The number of fused-ring (bicyclic) bond motifs is 9. The first-order valence-corrected chi connectivity index (χ1v) is 14.9. The lowest BCUT2D eigenvalue weighted by atomic mass is 9.95. The SMILES string of the molecule is c1ccc2c(c1)ccc1cc(-c3ccc4cc(-c5cccc6c5sc5c7ccccc7ccc65)ccc4c3)ccc12.